The van der Waals surface area contributed by atoms with E-state index in [9.17, 15) is 0 Å². The second-order valence-electron chi connectivity index (χ2n) is 5.71. The molecule has 1 N–H and O–H groups in total. The summed E-state index contributed by atoms with van der Waals surface area (Å²) in [7, 11) is 2.24. The first kappa shape index (κ1) is 15.4. The molecule has 1 aliphatic rings. The van der Waals surface area contributed by atoms with Gasteiger partial charge in [-0.1, -0.05) is 13.0 Å². The van der Waals surface area contributed by atoms with Crippen molar-refractivity contribution in [3.8, 4) is 0 Å². The van der Waals surface area contributed by atoms with Gasteiger partial charge in [0.25, 0.3) is 0 Å². The molecule has 0 aliphatic carbocycles. The molecule has 0 aromatic carbocycles. The Kier molecular flexibility index (Phi) is 6.43. The highest BCUT2D eigenvalue weighted by Crippen LogP contribution is 2.11. The maximum absolute atomic E-state index is 4.34. The summed E-state index contributed by atoms with van der Waals surface area (Å²) >= 11 is 0. The van der Waals surface area contributed by atoms with Crippen LogP contribution in [0.3, 0.4) is 0 Å². The van der Waals surface area contributed by atoms with Gasteiger partial charge in [-0.15, -0.1) is 0 Å². The van der Waals surface area contributed by atoms with Crippen LogP contribution in [-0.2, 0) is 6.54 Å². The van der Waals surface area contributed by atoms with Crippen molar-refractivity contribution in [2.24, 2.45) is 0 Å². The van der Waals surface area contributed by atoms with E-state index < -0.39 is 0 Å². The van der Waals surface area contributed by atoms with Crippen molar-refractivity contribution in [2.45, 2.75) is 32.4 Å². The molecule has 0 bridgehead atoms. The van der Waals surface area contributed by atoms with Crippen LogP contribution < -0.4 is 5.32 Å². The number of hydrogen-bond donors (Lipinski definition) is 1. The van der Waals surface area contributed by atoms with Gasteiger partial charge in [0, 0.05) is 38.4 Å². The number of rotatable bonds is 6. The highest BCUT2D eigenvalue weighted by molar-refractivity contribution is 5.02. The average Bonchev–Trinajstić information content (AvgIpc) is 2.66. The molecule has 1 aromatic heterocycles. The van der Waals surface area contributed by atoms with Gasteiger partial charge >= 0.3 is 0 Å². The molecule has 4 nitrogen and oxygen atoms in total. The molecular formula is C16H28N4. The van der Waals surface area contributed by atoms with Crippen molar-refractivity contribution in [3.63, 3.8) is 0 Å². The summed E-state index contributed by atoms with van der Waals surface area (Å²) in [5.74, 6) is 0. The minimum Gasteiger partial charge on any atom is -0.310 e. The molecule has 1 fully saturated rings. The maximum Gasteiger partial charge on any atom is 0.0541 e. The van der Waals surface area contributed by atoms with Crippen LogP contribution in [-0.4, -0.2) is 60.6 Å². The van der Waals surface area contributed by atoms with Crippen LogP contribution in [0.25, 0.3) is 0 Å². The molecule has 1 atom stereocenters. The minimum absolute atomic E-state index is 0.708. The van der Waals surface area contributed by atoms with Crippen molar-refractivity contribution in [2.75, 3.05) is 39.8 Å². The zero-order chi connectivity index (χ0) is 14.2. The van der Waals surface area contributed by atoms with Crippen molar-refractivity contribution in [1.82, 2.24) is 20.1 Å². The lowest BCUT2D eigenvalue weighted by Crippen LogP contribution is -2.42. The van der Waals surface area contributed by atoms with Crippen molar-refractivity contribution in [3.05, 3.63) is 30.1 Å². The third-order valence-electron chi connectivity index (χ3n) is 4.10. The number of likely N-dealkylation sites (N-methyl/N-ethyl adjacent to an activating group) is 1. The van der Waals surface area contributed by atoms with E-state index in [1.807, 2.05) is 18.3 Å². The molecule has 20 heavy (non-hydrogen) atoms. The average molecular weight is 276 g/mol. The van der Waals surface area contributed by atoms with Gasteiger partial charge in [-0.25, -0.2) is 0 Å². The van der Waals surface area contributed by atoms with Crippen molar-refractivity contribution < 1.29 is 0 Å². The first-order chi connectivity index (χ1) is 9.79. The van der Waals surface area contributed by atoms with Crippen LogP contribution in [0.1, 0.15) is 25.5 Å². The summed E-state index contributed by atoms with van der Waals surface area (Å²) in [5, 5.41) is 3.51. The molecule has 1 aromatic rings. The Morgan fingerprint density at radius 2 is 2.25 bits per heavy atom. The van der Waals surface area contributed by atoms with Crippen LogP contribution >= 0.6 is 0 Å². The Morgan fingerprint density at radius 1 is 1.35 bits per heavy atom. The number of pyridine rings is 1. The Morgan fingerprint density at radius 3 is 3.00 bits per heavy atom. The van der Waals surface area contributed by atoms with E-state index in [0.717, 1.165) is 25.3 Å². The fourth-order valence-electron chi connectivity index (χ4n) is 2.92. The first-order valence-electron chi connectivity index (χ1n) is 7.83. The molecule has 1 aliphatic heterocycles. The van der Waals surface area contributed by atoms with E-state index >= 15 is 0 Å². The van der Waals surface area contributed by atoms with Crippen LogP contribution in [0.5, 0.6) is 0 Å². The van der Waals surface area contributed by atoms with Crippen LogP contribution in [0.4, 0.5) is 0 Å². The van der Waals surface area contributed by atoms with E-state index in [4.69, 9.17) is 0 Å². The molecule has 1 saturated heterocycles. The molecule has 0 radical (unpaired) electrons. The lowest BCUT2D eigenvalue weighted by atomic mass is 10.2. The smallest absolute Gasteiger partial charge is 0.0541 e. The largest absolute Gasteiger partial charge is 0.310 e. The normalized spacial score (nSPS) is 21.8. The Labute approximate surface area is 123 Å². The van der Waals surface area contributed by atoms with E-state index in [2.05, 4.69) is 40.1 Å². The lowest BCUT2D eigenvalue weighted by Gasteiger charge is -2.30. The highest BCUT2D eigenvalue weighted by atomic mass is 15.2. The fraction of sp³-hybridized carbons (Fsp3) is 0.688. The molecule has 4 heteroatoms. The topological polar surface area (TPSA) is 31.4 Å². The molecule has 0 saturated carbocycles. The summed E-state index contributed by atoms with van der Waals surface area (Å²) in [6, 6.07) is 6.78. The zero-order valence-corrected chi connectivity index (χ0v) is 12.9. The van der Waals surface area contributed by atoms with Crippen molar-refractivity contribution in [1.29, 1.82) is 0 Å². The van der Waals surface area contributed by atoms with Gasteiger partial charge in [-0.3, -0.25) is 9.88 Å². The fourth-order valence-corrected chi connectivity index (χ4v) is 2.92. The number of nitrogens with zero attached hydrogens (tertiary/aromatic N) is 3. The highest BCUT2D eigenvalue weighted by Gasteiger charge is 2.21. The molecule has 2 rings (SSSR count). The summed E-state index contributed by atoms with van der Waals surface area (Å²) in [6.07, 6.45) is 4.38. The van der Waals surface area contributed by atoms with E-state index in [1.54, 1.807) is 0 Å². The van der Waals surface area contributed by atoms with E-state index in [-0.39, 0.29) is 0 Å². The summed E-state index contributed by atoms with van der Waals surface area (Å²) in [6.45, 7) is 9.01. The van der Waals surface area contributed by atoms with Gasteiger partial charge in [-0.05, 0) is 45.1 Å². The predicted octanol–water partition coefficient (Wildman–Crippen LogP) is 1.59. The van der Waals surface area contributed by atoms with Crippen molar-refractivity contribution >= 4 is 0 Å². The molecule has 0 amide bonds. The molecule has 1 unspecified atom stereocenters. The molecular weight excluding hydrogens is 248 g/mol. The quantitative estimate of drug-likeness (QED) is 0.800. The molecule has 2 heterocycles. The lowest BCUT2D eigenvalue weighted by molar-refractivity contribution is 0.184. The number of hydrogen-bond acceptors (Lipinski definition) is 4. The Hall–Kier alpha value is -0.970. The summed E-state index contributed by atoms with van der Waals surface area (Å²) in [5.41, 5.74) is 1.12. The first-order valence-corrected chi connectivity index (χ1v) is 7.83. The van der Waals surface area contributed by atoms with E-state index in [0.29, 0.717) is 6.04 Å². The maximum atomic E-state index is 4.34. The second kappa shape index (κ2) is 8.35. The summed E-state index contributed by atoms with van der Waals surface area (Å²) in [4.78, 5) is 9.45. The van der Waals surface area contributed by atoms with E-state index in [1.165, 1.54) is 32.5 Å². The number of aromatic nitrogens is 1. The van der Waals surface area contributed by atoms with Gasteiger partial charge in [0.05, 0.1) is 5.69 Å². The van der Waals surface area contributed by atoms with Gasteiger partial charge in [0.15, 0.2) is 0 Å². The zero-order valence-electron chi connectivity index (χ0n) is 12.9. The monoisotopic (exact) mass is 276 g/mol. The van der Waals surface area contributed by atoms with Gasteiger partial charge in [0.1, 0.15) is 0 Å². The third kappa shape index (κ3) is 4.85. The second-order valence-corrected chi connectivity index (χ2v) is 5.71. The van der Waals surface area contributed by atoms with Crippen LogP contribution in [0.15, 0.2) is 24.4 Å². The van der Waals surface area contributed by atoms with Gasteiger partial charge < -0.3 is 10.2 Å². The summed E-state index contributed by atoms with van der Waals surface area (Å²) < 4.78 is 0. The van der Waals surface area contributed by atoms with Crippen LogP contribution in [0.2, 0.25) is 0 Å². The van der Waals surface area contributed by atoms with Gasteiger partial charge in [-0.2, -0.15) is 0 Å². The Bertz CT molecular complexity index is 368. The van der Waals surface area contributed by atoms with Gasteiger partial charge in [0.2, 0.25) is 0 Å². The predicted molar refractivity (Wildman–Crippen MR) is 83.7 cm³/mol. The molecule has 112 valence electrons. The molecule has 0 spiro atoms. The minimum atomic E-state index is 0.708. The Balaban J connectivity index is 1.72. The SMILES string of the molecule is CCC1CN(C)CCCN1CCNCc1ccccn1. The standard InChI is InChI=1S/C16H28N4/c1-3-16-14-19(2)10-6-11-20(16)12-9-17-13-15-7-4-5-8-18-15/h4-5,7-8,16-17H,3,6,9-14H2,1-2H3. The van der Waals surface area contributed by atoms with Crippen LogP contribution in [0, 0.1) is 0 Å². The number of nitrogens with one attached hydrogen (secondary N) is 1. The third-order valence-corrected chi connectivity index (χ3v) is 4.10.